The van der Waals surface area contributed by atoms with Gasteiger partial charge in [-0.25, -0.2) is 4.98 Å². The molecule has 3 aromatic heterocycles. The Balaban J connectivity index is 1.83. The molecule has 1 aromatic carbocycles. The van der Waals surface area contributed by atoms with E-state index in [1.54, 1.807) is 28.8 Å². The van der Waals surface area contributed by atoms with Gasteiger partial charge in [0.25, 0.3) is 5.78 Å². The summed E-state index contributed by atoms with van der Waals surface area (Å²) in [6.45, 7) is 0. The number of benzene rings is 1. The van der Waals surface area contributed by atoms with Crippen molar-refractivity contribution in [3.05, 3.63) is 70.2 Å². The van der Waals surface area contributed by atoms with Gasteiger partial charge in [0.15, 0.2) is 0 Å². The average molecular weight is 434 g/mol. The second kappa shape index (κ2) is 6.38. The lowest BCUT2D eigenvalue weighted by atomic mass is 10.1. The smallest absolute Gasteiger partial charge is 0.354 e. The third-order valence-electron chi connectivity index (χ3n) is 4.08. The Kier molecular flexibility index (Phi) is 4.15. The number of imidazole rings is 1. The molecule has 27 heavy (non-hydrogen) atoms. The predicted molar refractivity (Wildman–Crippen MR) is 101 cm³/mol. The van der Waals surface area contributed by atoms with Gasteiger partial charge in [-0.3, -0.25) is 4.79 Å². The fraction of sp³-hybridized carbons (Fsp3) is 0.0526. The Bertz CT molecular complexity index is 1170. The van der Waals surface area contributed by atoms with Crippen LogP contribution >= 0.6 is 15.9 Å². The number of nitrogens with zero attached hydrogens (tertiary/aromatic N) is 2. The zero-order valence-corrected chi connectivity index (χ0v) is 15.2. The van der Waals surface area contributed by atoms with Crippen LogP contribution in [0.4, 0.5) is 13.2 Å². The van der Waals surface area contributed by atoms with E-state index < -0.39 is 17.5 Å². The molecular formula is C19H11BrF3N3O. The summed E-state index contributed by atoms with van der Waals surface area (Å²) < 4.78 is 41.8. The number of halogens is 4. The molecule has 0 unspecified atom stereocenters. The monoisotopic (exact) mass is 433 g/mol. The van der Waals surface area contributed by atoms with Crippen LogP contribution in [0, 0.1) is 0 Å². The highest BCUT2D eigenvalue weighted by Gasteiger charge is 2.41. The molecule has 0 aliphatic rings. The van der Waals surface area contributed by atoms with Crippen LogP contribution in [0.2, 0.25) is 0 Å². The number of nitrogens with one attached hydrogen (secondary N) is 1. The van der Waals surface area contributed by atoms with Crippen LogP contribution in [0.15, 0.2) is 53.3 Å². The second-order valence-corrected chi connectivity index (χ2v) is 6.81. The van der Waals surface area contributed by atoms with Crippen molar-refractivity contribution in [2.24, 2.45) is 0 Å². The van der Waals surface area contributed by atoms with Crippen molar-refractivity contribution in [2.45, 2.75) is 6.18 Å². The molecule has 0 atom stereocenters. The number of alkyl halides is 3. The maximum atomic E-state index is 13.1. The van der Waals surface area contributed by atoms with E-state index in [0.717, 1.165) is 0 Å². The number of aromatic amines is 1. The number of carbonyl (C=O) groups is 1. The summed E-state index contributed by atoms with van der Waals surface area (Å²) in [5.74, 6) is -1.88. The van der Waals surface area contributed by atoms with Crippen LogP contribution in [0.3, 0.4) is 0 Å². The highest BCUT2D eigenvalue weighted by atomic mass is 79.9. The number of H-pyrrole nitrogens is 1. The minimum Gasteiger partial charge on any atom is -0.354 e. The second-order valence-electron chi connectivity index (χ2n) is 5.90. The van der Waals surface area contributed by atoms with Crippen molar-refractivity contribution in [3.8, 4) is 0 Å². The van der Waals surface area contributed by atoms with Crippen molar-refractivity contribution < 1.29 is 18.0 Å². The molecule has 4 aromatic rings. The third kappa shape index (κ3) is 3.28. The largest absolute Gasteiger partial charge is 0.454 e. The van der Waals surface area contributed by atoms with Gasteiger partial charge >= 0.3 is 6.18 Å². The molecule has 0 radical (unpaired) electrons. The lowest BCUT2D eigenvalue weighted by molar-refractivity contribution is -0.0884. The number of rotatable bonds is 3. The van der Waals surface area contributed by atoms with Crippen LogP contribution in [0.5, 0.6) is 0 Å². The predicted octanol–water partition coefficient (Wildman–Crippen LogP) is 5.49. The quantitative estimate of drug-likeness (QED) is 0.434. The minimum absolute atomic E-state index is 0.0856. The Labute approximate surface area is 159 Å². The Morgan fingerprint density at radius 3 is 2.74 bits per heavy atom. The molecule has 0 fully saturated rings. The number of Topliss-reactive ketones (excluding diaryl/α,β-unsaturated/α-hetero) is 1. The molecule has 1 N–H and O–H groups in total. The van der Waals surface area contributed by atoms with E-state index in [-0.39, 0.29) is 11.1 Å². The summed E-state index contributed by atoms with van der Waals surface area (Å²) in [5, 5.41) is 0.218. The topological polar surface area (TPSA) is 50.2 Å². The molecule has 4 nitrogen and oxygen atoms in total. The molecule has 0 bridgehead atoms. The normalized spacial score (nSPS) is 12.4. The number of carbonyl (C=O) groups excluding carboxylic acids is 1. The fourth-order valence-electron chi connectivity index (χ4n) is 2.91. The average Bonchev–Trinajstić information content (AvgIpc) is 3.18. The lowest BCUT2D eigenvalue weighted by Crippen LogP contribution is -2.23. The molecule has 0 amide bonds. The van der Waals surface area contributed by atoms with Gasteiger partial charge in [0, 0.05) is 27.8 Å². The molecular weight excluding hydrogens is 423 g/mol. The summed E-state index contributed by atoms with van der Waals surface area (Å²) in [4.78, 5) is 19.2. The first-order valence-electron chi connectivity index (χ1n) is 7.87. The van der Waals surface area contributed by atoms with Crippen LogP contribution in [0.25, 0.3) is 28.7 Å². The van der Waals surface area contributed by atoms with Crippen molar-refractivity contribution >= 4 is 50.4 Å². The van der Waals surface area contributed by atoms with Crippen molar-refractivity contribution in [1.29, 1.82) is 0 Å². The van der Waals surface area contributed by atoms with Gasteiger partial charge in [-0.15, -0.1) is 0 Å². The Morgan fingerprint density at radius 1 is 1.19 bits per heavy atom. The van der Waals surface area contributed by atoms with Gasteiger partial charge in [-0.05, 0) is 36.4 Å². The summed E-state index contributed by atoms with van der Waals surface area (Å²) in [5.41, 5.74) is 1.40. The fourth-order valence-corrected chi connectivity index (χ4v) is 3.27. The van der Waals surface area contributed by atoms with Gasteiger partial charge in [0.2, 0.25) is 0 Å². The number of pyridine rings is 1. The van der Waals surface area contributed by atoms with Gasteiger partial charge in [0.05, 0.1) is 17.0 Å². The van der Waals surface area contributed by atoms with Crippen molar-refractivity contribution in [3.63, 3.8) is 0 Å². The van der Waals surface area contributed by atoms with Gasteiger partial charge in [-0.2, -0.15) is 13.2 Å². The van der Waals surface area contributed by atoms with E-state index in [1.807, 2.05) is 24.4 Å². The molecule has 0 aliphatic heterocycles. The highest BCUT2D eigenvalue weighted by molar-refractivity contribution is 9.10. The van der Waals surface area contributed by atoms with E-state index in [0.29, 0.717) is 21.3 Å². The van der Waals surface area contributed by atoms with Crippen LogP contribution in [-0.4, -0.2) is 26.3 Å². The number of hydrogen-bond acceptors (Lipinski definition) is 2. The van der Waals surface area contributed by atoms with Crippen LogP contribution in [0.1, 0.15) is 21.7 Å². The summed E-state index contributed by atoms with van der Waals surface area (Å²) in [6, 6.07) is 10.2. The number of ketones is 1. The van der Waals surface area contributed by atoms with Crippen molar-refractivity contribution in [1.82, 2.24) is 14.4 Å². The molecule has 136 valence electrons. The molecule has 0 spiro atoms. The third-order valence-corrected chi connectivity index (χ3v) is 4.57. The number of aromatic nitrogens is 3. The summed E-state index contributed by atoms with van der Waals surface area (Å²) in [6.07, 6.45) is 1.61. The van der Waals surface area contributed by atoms with Crippen molar-refractivity contribution in [2.75, 3.05) is 0 Å². The number of hydrogen-bond donors (Lipinski definition) is 1. The first kappa shape index (κ1) is 17.5. The van der Waals surface area contributed by atoms with E-state index in [1.165, 1.54) is 12.1 Å². The van der Waals surface area contributed by atoms with Gasteiger partial charge in [0.1, 0.15) is 5.65 Å². The lowest BCUT2D eigenvalue weighted by Gasteiger charge is -2.05. The van der Waals surface area contributed by atoms with E-state index in [2.05, 4.69) is 25.9 Å². The van der Waals surface area contributed by atoms with Gasteiger partial charge < -0.3 is 9.38 Å². The van der Waals surface area contributed by atoms with Gasteiger partial charge in [-0.1, -0.05) is 28.1 Å². The Morgan fingerprint density at radius 2 is 2.00 bits per heavy atom. The Hall–Kier alpha value is -2.87. The molecule has 3 heterocycles. The van der Waals surface area contributed by atoms with E-state index in [9.17, 15) is 18.0 Å². The first-order valence-corrected chi connectivity index (χ1v) is 8.67. The summed E-state index contributed by atoms with van der Waals surface area (Å²) >= 11 is 3.28. The SMILES string of the molecule is O=C(c1c(C=Cc2cn3ccccc3n2)[nH]c2cc(Br)ccc12)C(F)(F)F. The minimum atomic E-state index is -4.96. The van der Waals surface area contributed by atoms with E-state index >= 15 is 0 Å². The highest BCUT2D eigenvalue weighted by Crippen LogP contribution is 2.32. The molecule has 0 aliphatic carbocycles. The molecule has 4 rings (SSSR count). The molecule has 0 saturated carbocycles. The maximum Gasteiger partial charge on any atom is 0.454 e. The molecule has 8 heteroatoms. The van der Waals surface area contributed by atoms with Crippen LogP contribution < -0.4 is 0 Å². The first-order chi connectivity index (χ1) is 12.8. The standard InChI is InChI=1S/C19H11BrF3N3O/c20-11-4-6-13-15(9-11)25-14(17(13)18(27)19(21,22)23)7-5-12-10-26-8-2-1-3-16(26)24-12/h1-10,25H. The zero-order chi connectivity index (χ0) is 19.2. The van der Waals surface area contributed by atoms with E-state index in [4.69, 9.17) is 0 Å². The summed E-state index contributed by atoms with van der Waals surface area (Å²) in [7, 11) is 0. The van der Waals surface area contributed by atoms with Crippen LogP contribution in [-0.2, 0) is 0 Å². The zero-order valence-electron chi connectivity index (χ0n) is 13.6. The molecule has 0 saturated heterocycles. The maximum absolute atomic E-state index is 13.1. The number of fused-ring (bicyclic) bond motifs is 2.